The molecular weight excluding hydrogens is 262 g/mol. The van der Waals surface area contributed by atoms with E-state index in [-0.39, 0.29) is 11.6 Å². The second-order valence-corrected chi connectivity index (χ2v) is 4.45. The van der Waals surface area contributed by atoms with Crippen LogP contribution in [0.5, 0.6) is 0 Å². The predicted octanol–water partition coefficient (Wildman–Crippen LogP) is 0.401. The van der Waals surface area contributed by atoms with Crippen molar-refractivity contribution in [2.24, 2.45) is 0 Å². The van der Waals surface area contributed by atoms with Gasteiger partial charge in [-0.2, -0.15) is 0 Å². The molecule has 8 nitrogen and oxygen atoms in total. The molecule has 106 valence electrons. The van der Waals surface area contributed by atoms with Crippen molar-refractivity contribution < 1.29 is 14.7 Å². The van der Waals surface area contributed by atoms with Crippen LogP contribution in [0.4, 0.5) is 4.79 Å². The summed E-state index contributed by atoms with van der Waals surface area (Å²) >= 11 is 0. The lowest BCUT2D eigenvalue weighted by Gasteiger charge is -2.11. The molecule has 0 saturated carbocycles. The van der Waals surface area contributed by atoms with Crippen LogP contribution in [0.25, 0.3) is 11.0 Å². The van der Waals surface area contributed by atoms with Crippen molar-refractivity contribution in [2.75, 3.05) is 20.6 Å². The SMILES string of the molecule is CN(C)C(=O)NCCn1nnc2ccc(C(=O)O)cc21. The number of carboxylic acids is 1. The van der Waals surface area contributed by atoms with E-state index in [1.54, 1.807) is 24.8 Å². The third kappa shape index (κ3) is 2.85. The zero-order valence-electron chi connectivity index (χ0n) is 11.2. The van der Waals surface area contributed by atoms with E-state index in [0.29, 0.717) is 24.1 Å². The minimum atomic E-state index is -0.999. The summed E-state index contributed by atoms with van der Waals surface area (Å²) in [6.45, 7) is 0.798. The lowest BCUT2D eigenvalue weighted by molar-refractivity contribution is 0.0697. The first-order valence-corrected chi connectivity index (χ1v) is 6.00. The van der Waals surface area contributed by atoms with E-state index in [9.17, 15) is 9.59 Å². The number of nitrogens with one attached hydrogen (secondary N) is 1. The number of carbonyl (C=O) groups excluding carboxylic acids is 1. The highest BCUT2D eigenvalue weighted by Crippen LogP contribution is 2.13. The van der Waals surface area contributed by atoms with E-state index in [1.807, 2.05) is 0 Å². The van der Waals surface area contributed by atoms with Crippen LogP contribution in [-0.4, -0.2) is 57.6 Å². The molecule has 0 radical (unpaired) electrons. The van der Waals surface area contributed by atoms with Gasteiger partial charge in [0.15, 0.2) is 0 Å². The molecular formula is C12H15N5O3. The summed E-state index contributed by atoms with van der Waals surface area (Å²) in [4.78, 5) is 23.7. The molecule has 0 aliphatic carbocycles. The fraction of sp³-hybridized carbons (Fsp3) is 0.333. The minimum Gasteiger partial charge on any atom is -0.478 e. The van der Waals surface area contributed by atoms with Gasteiger partial charge in [0.05, 0.1) is 17.6 Å². The standard InChI is InChI=1S/C12H15N5O3/c1-16(2)12(20)13-5-6-17-10-7-8(11(18)19)3-4-9(10)14-15-17/h3-4,7H,5-6H2,1-2H3,(H,13,20)(H,18,19). The molecule has 0 aliphatic rings. The van der Waals surface area contributed by atoms with Gasteiger partial charge in [-0.1, -0.05) is 5.21 Å². The van der Waals surface area contributed by atoms with Crippen LogP contribution >= 0.6 is 0 Å². The third-order valence-corrected chi connectivity index (χ3v) is 2.77. The summed E-state index contributed by atoms with van der Waals surface area (Å²) in [5, 5.41) is 19.6. The summed E-state index contributed by atoms with van der Waals surface area (Å²) in [7, 11) is 3.30. The Morgan fingerprint density at radius 2 is 2.15 bits per heavy atom. The number of benzene rings is 1. The zero-order valence-corrected chi connectivity index (χ0v) is 11.2. The largest absolute Gasteiger partial charge is 0.478 e. The van der Waals surface area contributed by atoms with Crippen molar-refractivity contribution >= 4 is 23.0 Å². The maximum atomic E-state index is 11.4. The summed E-state index contributed by atoms with van der Waals surface area (Å²) in [5.41, 5.74) is 1.43. The molecule has 0 fully saturated rings. The molecule has 2 rings (SSSR count). The smallest absolute Gasteiger partial charge is 0.335 e. The number of hydrogen-bond donors (Lipinski definition) is 2. The van der Waals surface area contributed by atoms with E-state index < -0.39 is 5.97 Å². The Bertz CT molecular complexity index is 650. The number of urea groups is 1. The Morgan fingerprint density at radius 1 is 1.40 bits per heavy atom. The number of rotatable bonds is 4. The van der Waals surface area contributed by atoms with Crippen molar-refractivity contribution in [3.63, 3.8) is 0 Å². The van der Waals surface area contributed by atoms with Gasteiger partial charge in [-0.05, 0) is 18.2 Å². The van der Waals surface area contributed by atoms with E-state index in [0.717, 1.165) is 0 Å². The summed E-state index contributed by atoms with van der Waals surface area (Å²) in [6, 6.07) is 4.42. The van der Waals surface area contributed by atoms with Crippen LogP contribution in [0, 0.1) is 0 Å². The number of aromatic nitrogens is 3. The second-order valence-electron chi connectivity index (χ2n) is 4.45. The van der Waals surface area contributed by atoms with Gasteiger partial charge in [-0.3, -0.25) is 0 Å². The highest BCUT2D eigenvalue weighted by molar-refractivity contribution is 5.92. The molecule has 1 aromatic heterocycles. The van der Waals surface area contributed by atoms with Crippen LogP contribution < -0.4 is 5.32 Å². The third-order valence-electron chi connectivity index (χ3n) is 2.77. The van der Waals surface area contributed by atoms with Gasteiger partial charge in [-0.25, -0.2) is 14.3 Å². The van der Waals surface area contributed by atoms with Gasteiger partial charge in [0.1, 0.15) is 5.52 Å². The maximum Gasteiger partial charge on any atom is 0.335 e. The summed E-state index contributed by atoms with van der Waals surface area (Å²) < 4.78 is 1.57. The molecule has 0 atom stereocenters. The van der Waals surface area contributed by atoms with Gasteiger partial charge < -0.3 is 15.3 Å². The predicted molar refractivity (Wildman–Crippen MR) is 71.6 cm³/mol. The lowest BCUT2D eigenvalue weighted by Crippen LogP contribution is -2.36. The zero-order chi connectivity index (χ0) is 14.7. The van der Waals surface area contributed by atoms with Crippen molar-refractivity contribution in [3.05, 3.63) is 23.8 Å². The molecule has 1 aromatic carbocycles. The molecule has 0 bridgehead atoms. The molecule has 2 N–H and O–H groups in total. The van der Waals surface area contributed by atoms with Crippen LogP contribution in [0.3, 0.4) is 0 Å². The van der Waals surface area contributed by atoms with Crippen LogP contribution in [-0.2, 0) is 6.54 Å². The van der Waals surface area contributed by atoms with Crippen molar-refractivity contribution in [2.45, 2.75) is 6.54 Å². The number of amides is 2. The van der Waals surface area contributed by atoms with Gasteiger partial charge in [-0.15, -0.1) is 5.10 Å². The summed E-state index contributed by atoms with van der Waals surface area (Å²) in [5.74, 6) is -0.999. The van der Waals surface area contributed by atoms with E-state index in [4.69, 9.17) is 5.11 Å². The molecule has 0 spiro atoms. The van der Waals surface area contributed by atoms with Gasteiger partial charge in [0.25, 0.3) is 0 Å². The fourth-order valence-corrected chi connectivity index (χ4v) is 1.69. The molecule has 0 saturated heterocycles. The first-order valence-electron chi connectivity index (χ1n) is 6.00. The number of nitrogens with zero attached hydrogens (tertiary/aromatic N) is 4. The van der Waals surface area contributed by atoms with E-state index in [1.165, 1.54) is 17.0 Å². The highest BCUT2D eigenvalue weighted by atomic mass is 16.4. The fourth-order valence-electron chi connectivity index (χ4n) is 1.69. The Morgan fingerprint density at radius 3 is 2.80 bits per heavy atom. The number of carboxylic acid groups (broad SMARTS) is 1. The van der Waals surface area contributed by atoms with Gasteiger partial charge in [0, 0.05) is 20.6 Å². The Hall–Kier alpha value is -2.64. The quantitative estimate of drug-likeness (QED) is 0.842. The second kappa shape index (κ2) is 5.55. The average molecular weight is 277 g/mol. The van der Waals surface area contributed by atoms with Crippen LogP contribution in [0.15, 0.2) is 18.2 Å². The normalized spacial score (nSPS) is 10.5. The van der Waals surface area contributed by atoms with E-state index >= 15 is 0 Å². The molecule has 2 aromatic rings. The molecule has 2 amide bonds. The van der Waals surface area contributed by atoms with Crippen molar-refractivity contribution in [3.8, 4) is 0 Å². The maximum absolute atomic E-state index is 11.4. The highest BCUT2D eigenvalue weighted by Gasteiger charge is 2.09. The number of hydrogen-bond acceptors (Lipinski definition) is 4. The first-order chi connectivity index (χ1) is 9.49. The lowest BCUT2D eigenvalue weighted by atomic mass is 10.2. The number of carbonyl (C=O) groups is 2. The molecule has 20 heavy (non-hydrogen) atoms. The van der Waals surface area contributed by atoms with E-state index in [2.05, 4.69) is 15.6 Å². The Kier molecular flexibility index (Phi) is 3.83. The Balaban J connectivity index is 2.12. The summed E-state index contributed by atoms with van der Waals surface area (Å²) in [6.07, 6.45) is 0. The molecule has 0 aliphatic heterocycles. The van der Waals surface area contributed by atoms with Crippen molar-refractivity contribution in [1.29, 1.82) is 0 Å². The van der Waals surface area contributed by atoms with Gasteiger partial charge in [0.2, 0.25) is 0 Å². The Labute approximate surface area is 115 Å². The minimum absolute atomic E-state index is 0.179. The monoisotopic (exact) mass is 277 g/mol. The molecule has 0 unspecified atom stereocenters. The van der Waals surface area contributed by atoms with Crippen molar-refractivity contribution in [1.82, 2.24) is 25.2 Å². The molecule has 8 heteroatoms. The molecule has 1 heterocycles. The first kappa shape index (κ1) is 13.8. The number of fused-ring (bicyclic) bond motifs is 1. The average Bonchev–Trinajstić information content (AvgIpc) is 2.81. The van der Waals surface area contributed by atoms with Crippen LogP contribution in [0.2, 0.25) is 0 Å². The number of aromatic carboxylic acids is 1. The van der Waals surface area contributed by atoms with Gasteiger partial charge >= 0.3 is 12.0 Å². The topological polar surface area (TPSA) is 100 Å². The van der Waals surface area contributed by atoms with Crippen LogP contribution in [0.1, 0.15) is 10.4 Å².